The molecule has 1 heterocycles. The maximum absolute atomic E-state index is 13.2. The number of rotatable bonds is 5. The topological polar surface area (TPSA) is 34.2 Å². The van der Waals surface area contributed by atoms with Crippen molar-refractivity contribution < 1.29 is 9.13 Å². The molecule has 0 unspecified atom stereocenters. The van der Waals surface area contributed by atoms with Crippen molar-refractivity contribution in [3.63, 3.8) is 0 Å². The molecule has 19 heavy (non-hydrogen) atoms. The molecule has 3 nitrogen and oxygen atoms in total. The van der Waals surface area contributed by atoms with Crippen LogP contribution >= 0.6 is 15.9 Å². The molecule has 0 amide bonds. The van der Waals surface area contributed by atoms with Crippen LogP contribution in [0.4, 0.5) is 10.2 Å². The maximum Gasteiger partial charge on any atom is 0.132 e. The second kappa shape index (κ2) is 6.52. The Morgan fingerprint density at radius 1 is 1.37 bits per heavy atom. The van der Waals surface area contributed by atoms with Gasteiger partial charge in [0.2, 0.25) is 0 Å². The molecule has 0 aliphatic carbocycles. The van der Waals surface area contributed by atoms with Crippen molar-refractivity contribution in [3.05, 3.63) is 52.4 Å². The van der Waals surface area contributed by atoms with Crippen molar-refractivity contribution >= 4 is 21.7 Å². The van der Waals surface area contributed by atoms with Crippen molar-refractivity contribution in [2.24, 2.45) is 0 Å². The molecule has 0 atom stereocenters. The average Bonchev–Trinajstić information content (AvgIpc) is 2.37. The van der Waals surface area contributed by atoms with E-state index in [1.165, 1.54) is 12.1 Å². The third-order valence-electron chi connectivity index (χ3n) is 2.47. The minimum Gasteiger partial charge on any atom is -0.489 e. The van der Waals surface area contributed by atoms with Gasteiger partial charge in [0.1, 0.15) is 24.0 Å². The predicted molar refractivity (Wildman–Crippen MR) is 76.8 cm³/mol. The SMILES string of the molecule is CCNc1ncccc1COc1cc(F)cc(Br)c1. The van der Waals surface area contributed by atoms with Crippen molar-refractivity contribution in [1.82, 2.24) is 4.98 Å². The first-order chi connectivity index (χ1) is 9.19. The molecule has 0 bridgehead atoms. The van der Waals surface area contributed by atoms with E-state index in [2.05, 4.69) is 26.2 Å². The minimum absolute atomic E-state index is 0.331. The molecular formula is C14H14BrFN2O. The molecular weight excluding hydrogens is 311 g/mol. The van der Waals surface area contributed by atoms with Crippen LogP contribution in [0.5, 0.6) is 5.75 Å². The van der Waals surface area contributed by atoms with Gasteiger partial charge in [0.15, 0.2) is 0 Å². The maximum atomic E-state index is 13.2. The van der Waals surface area contributed by atoms with Crippen LogP contribution in [0.25, 0.3) is 0 Å². The van der Waals surface area contributed by atoms with Gasteiger partial charge in [-0.05, 0) is 25.1 Å². The van der Waals surface area contributed by atoms with E-state index in [1.54, 1.807) is 12.3 Å². The molecule has 1 N–H and O–H groups in total. The lowest BCUT2D eigenvalue weighted by molar-refractivity contribution is 0.304. The summed E-state index contributed by atoms with van der Waals surface area (Å²) in [5, 5.41) is 3.16. The second-order valence-electron chi connectivity index (χ2n) is 3.94. The Kier molecular flexibility index (Phi) is 4.74. The highest BCUT2D eigenvalue weighted by Gasteiger charge is 2.05. The molecule has 100 valence electrons. The Morgan fingerprint density at radius 2 is 2.21 bits per heavy atom. The summed E-state index contributed by atoms with van der Waals surface area (Å²) in [6.07, 6.45) is 1.72. The number of hydrogen-bond donors (Lipinski definition) is 1. The molecule has 2 aromatic rings. The number of ether oxygens (including phenoxy) is 1. The Bertz CT molecular complexity index is 543. The summed E-state index contributed by atoms with van der Waals surface area (Å²) in [7, 11) is 0. The summed E-state index contributed by atoms with van der Waals surface area (Å²) in [5.41, 5.74) is 0.935. The second-order valence-corrected chi connectivity index (χ2v) is 4.85. The zero-order valence-corrected chi connectivity index (χ0v) is 12.1. The number of nitrogens with zero attached hydrogens (tertiary/aromatic N) is 1. The highest BCUT2D eigenvalue weighted by Crippen LogP contribution is 2.22. The van der Waals surface area contributed by atoms with Gasteiger partial charge in [-0.25, -0.2) is 9.37 Å². The normalized spacial score (nSPS) is 10.3. The molecule has 1 aromatic heterocycles. The van der Waals surface area contributed by atoms with Crippen LogP contribution in [0.1, 0.15) is 12.5 Å². The third kappa shape index (κ3) is 3.92. The fraction of sp³-hybridized carbons (Fsp3) is 0.214. The number of pyridine rings is 1. The fourth-order valence-electron chi connectivity index (χ4n) is 1.65. The van der Waals surface area contributed by atoms with Gasteiger partial charge in [0, 0.05) is 28.8 Å². The number of nitrogens with one attached hydrogen (secondary N) is 1. The molecule has 2 rings (SSSR count). The molecule has 0 spiro atoms. The highest BCUT2D eigenvalue weighted by atomic mass is 79.9. The molecule has 0 aliphatic rings. The van der Waals surface area contributed by atoms with E-state index in [1.807, 2.05) is 19.1 Å². The van der Waals surface area contributed by atoms with Crippen molar-refractivity contribution in [1.29, 1.82) is 0 Å². The first-order valence-corrected chi connectivity index (χ1v) is 6.75. The monoisotopic (exact) mass is 324 g/mol. The minimum atomic E-state index is -0.331. The van der Waals surface area contributed by atoms with E-state index < -0.39 is 0 Å². The standard InChI is InChI=1S/C14H14BrFN2O/c1-2-17-14-10(4-3-5-18-14)9-19-13-7-11(15)6-12(16)8-13/h3-8H,2,9H2,1H3,(H,17,18). The van der Waals surface area contributed by atoms with Gasteiger partial charge in [-0.3, -0.25) is 0 Å². The van der Waals surface area contributed by atoms with Crippen LogP contribution in [-0.2, 0) is 6.61 Å². The van der Waals surface area contributed by atoms with Gasteiger partial charge < -0.3 is 10.1 Å². The zero-order valence-electron chi connectivity index (χ0n) is 10.5. The summed E-state index contributed by atoms with van der Waals surface area (Å²) >= 11 is 3.23. The molecule has 1 aromatic carbocycles. The molecule has 0 aliphatic heterocycles. The fourth-order valence-corrected chi connectivity index (χ4v) is 2.10. The van der Waals surface area contributed by atoms with Gasteiger partial charge in [-0.15, -0.1) is 0 Å². The quantitative estimate of drug-likeness (QED) is 0.902. The number of benzene rings is 1. The Hall–Kier alpha value is -1.62. The summed E-state index contributed by atoms with van der Waals surface area (Å²) in [4.78, 5) is 4.24. The van der Waals surface area contributed by atoms with E-state index in [-0.39, 0.29) is 5.82 Å². The number of hydrogen-bond acceptors (Lipinski definition) is 3. The first kappa shape index (κ1) is 13.8. The highest BCUT2D eigenvalue weighted by molar-refractivity contribution is 9.10. The van der Waals surface area contributed by atoms with Crippen LogP contribution in [0.2, 0.25) is 0 Å². The van der Waals surface area contributed by atoms with Crippen LogP contribution in [0.3, 0.4) is 0 Å². The van der Waals surface area contributed by atoms with Crippen molar-refractivity contribution in [3.8, 4) is 5.75 Å². The Balaban J connectivity index is 2.09. The van der Waals surface area contributed by atoms with Gasteiger partial charge in [0.25, 0.3) is 0 Å². The molecule has 0 saturated heterocycles. The van der Waals surface area contributed by atoms with Crippen molar-refractivity contribution in [2.45, 2.75) is 13.5 Å². The molecule has 0 saturated carbocycles. The van der Waals surface area contributed by atoms with Crippen LogP contribution in [-0.4, -0.2) is 11.5 Å². The lowest BCUT2D eigenvalue weighted by atomic mass is 10.2. The predicted octanol–water partition coefficient (Wildman–Crippen LogP) is 3.99. The number of halogens is 2. The number of aromatic nitrogens is 1. The molecule has 0 fully saturated rings. The summed E-state index contributed by atoms with van der Waals surface area (Å²) in [6, 6.07) is 8.25. The molecule has 5 heteroatoms. The largest absolute Gasteiger partial charge is 0.489 e. The first-order valence-electron chi connectivity index (χ1n) is 5.95. The van der Waals surface area contributed by atoms with Gasteiger partial charge in [-0.2, -0.15) is 0 Å². The average molecular weight is 325 g/mol. The van der Waals surface area contributed by atoms with E-state index in [0.717, 1.165) is 17.9 Å². The van der Waals surface area contributed by atoms with Crippen molar-refractivity contribution in [2.75, 3.05) is 11.9 Å². The Morgan fingerprint density at radius 3 is 2.95 bits per heavy atom. The zero-order chi connectivity index (χ0) is 13.7. The Labute approximate surface area is 119 Å². The van der Waals surface area contributed by atoms with Gasteiger partial charge >= 0.3 is 0 Å². The lowest BCUT2D eigenvalue weighted by Crippen LogP contribution is -2.05. The van der Waals surface area contributed by atoms with Crippen LogP contribution < -0.4 is 10.1 Å². The lowest BCUT2D eigenvalue weighted by Gasteiger charge is -2.11. The van der Waals surface area contributed by atoms with Gasteiger partial charge in [-0.1, -0.05) is 22.0 Å². The van der Waals surface area contributed by atoms with Gasteiger partial charge in [0.05, 0.1) is 0 Å². The van der Waals surface area contributed by atoms with Crippen LogP contribution in [0, 0.1) is 5.82 Å². The third-order valence-corrected chi connectivity index (χ3v) is 2.92. The molecule has 0 radical (unpaired) electrons. The number of anilines is 1. The summed E-state index contributed by atoms with van der Waals surface area (Å²) < 4.78 is 19.5. The van der Waals surface area contributed by atoms with Crippen LogP contribution in [0.15, 0.2) is 41.0 Å². The van der Waals surface area contributed by atoms with E-state index >= 15 is 0 Å². The summed E-state index contributed by atoms with van der Waals surface area (Å²) in [5.74, 6) is 0.945. The van der Waals surface area contributed by atoms with E-state index in [4.69, 9.17) is 4.74 Å². The smallest absolute Gasteiger partial charge is 0.132 e. The van der Waals surface area contributed by atoms with E-state index in [9.17, 15) is 4.39 Å². The van der Waals surface area contributed by atoms with E-state index in [0.29, 0.717) is 16.8 Å². The summed E-state index contributed by atoms with van der Waals surface area (Å²) in [6.45, 7) is 3.13.